The first-order valence-electron chi connectivity index (χ1n) is 4.84. The summed E-state index contributed by atoms with van der Waals surface area (Å²) in [7, 11) is 0. The second kappa shape index (κ2) is 9.54. The lowest BCUT2D eigenvalue weighted by molar-refractivity contribution is -0.781. The second-order valence-electron chi connectivity index (χ2n) is 2.70. The summed E-state index contributed by atoms with van der Waals surface area (Å²) in [5.74, 6) is 0. The maximum absolute atomic E-state index is 10.0. The zero-order chi connectivity index (χ0) is 13.1. The standard InChI is InChI=1S/C7H14N2O8/c1-2-15-7(17-9(12)13)6-14-4-3-5-16-8(10)11/h7H,2-6H2,1H3. The van der Waals surface area contributed by atoms with Crippen molar-refractivity contribution in [2.24, 2.45) is 0 Å². The van der Waals surface area contributed by atoms with E-state index in [0.717, 1.165) is 0 Å². The summed E-state index contributed by atoms with van der Waals surface area (Å²) in [4.78, 5) is 28.0. The molecule has 0 rings (SSSR count). The molecule has 0 aromatic rings. The molecule has 0 aromatic carbocycles. The van der Waals surface area contributed by atoms with Crippen LogP contribution in [0.1, 0.15) is 13.3 Å². The summed E-state index contributed by atoms with van der Waals surface area (Å²) in [5, 5.41) is 17.9. The van der Waals surface area contributed by atoms with Gasteiger partial charge in [-0.2, -0.15) is 0 Å². The van der Waals surface area contributed by atoms with Crippen LogP contribution in [0.5, 0.6) is 0 Å². The van der Waals surface area contributed by atoms with Gasteiger partial charge in [0, 0.05) is 13.2 Å². The topological polar surface area (TPSA) is 123 Å². The minimum absolute atomic E-state index is 0.0948. The fourth-order valence-corrected chi connectivity index (χ4v) is 0.870. The predicted octanol–water partition coefficient (Wildman–Crippen LogP) is 0.172. The van der Waals surface area contributed by atoms with E-state index in [4.69, 9.17) is 9.47 Å². The molecule has 0 N–H and O–H groups in total. The van der Waals surface area contributed by atoms with Crippen LogP contribution in [-0.4, -0.2) is 42.9 Å². The fourth-order valence-electron chi connectivity index (χ4n) is 0.870. The molecule has 0 amide bonds. The highest BCUT2D eigenvalue weighted by atomic mass is 17.0. The third kappa shape index (κ3) is 10.6. The van der Waals surface area contributed by atoms with E-state index >= 15 is 0 Å². The summed E-state index contributed by atoms with van der Waals surface area (Å²) in [6.45, 7) is 1.82. The Labute approximate surface area is 96.6 Å². The van der Waals surface area contributed by atoms with Crippen LogP contribution in [0.3, 0.4) is 0 Å². The van der Waals surface area contributed by atoms with Crippen molar-refractivity contribution in [1.29, 1.82) is 0 Å². The average Bonchev–Trinajstić information content (AvgIpc) is 2.22. The van der Waals surface area contributed by atoms with E-state index in [-0.39, 0.29) is 32.8 Å². The van der Waals surface area contributed by atoms with Crippen molar-refractivity contribution < 1.29 is 29.3 Å². The van der Waals surface area contributed by atoms with Gasteiger partial charge in [-0.25, -0.2) is 0 Å². The Balaban J connectivity index is 3.53. The average molecular weight is 254 g/mol. The molecular weight excluding hydrogens is 240 g/mol. The summed E-state index contributed by atoms with van der Waals surface area (Å²) in [5.41, 5.74) is 0. The third-order valence-electron chi connectivity index (χ3n) is 1.44. The Morgan fingerprint density at radius 2 is 1.88 bits per heavy atom. The Bertz CT molecular complexity index is 236. The first kappa shape index (κ1) is 15.3. The first-order valence-corrected chi connectivity index (χ1v) is 4.84. The normalized spacial score (nSPS) is 11.8. The monoisotopic (exact) mass is 254 g/mol. The lowest BCUT2D eigenvalue weighted by atomic mass is 10.5. The molecule has 0 heterocycles. The van der Waals surface area contributed by atoms with Crippen LogP contribution in [0.4, 0.5) is 0 Å². The zero-order valence-electron chi connectivity index (χ0n) is 9.27. The van der Waals surface area contributed by atoms with E-state index in [1.807, 2.05) is 0 Å². The maximum atomic E-state index is 10.0. The highest BCUT2D eigenvalue weighted by molar-refractivity contribution is 4.39. The quantitative estimate of drug-likeness (QED) is 0.221. The number of rotatable bonds is 11. The molecule has 100 valence electrons. The molecule has 0 aromatic heterocycles. The van der Waals surface area contributed by atoms with E-state index < -0.39 is 16.5 Å². The molecule has 1 unspecified atom stereocenters. The number of ether oxygens (including phenoxy) is 2. The summed E-state index contributed by atoms with van der Waals surface area (Å²) < 4.78 is 9.84. The minimum atomic E-state index is -1.09. The highest BCUT2D eigenvalue weighted by Crippen LogP contribution is 1.97. The summed E-state index contributed by atoms with van der Waals surface area (Å²) in [6.07, 6.45) is -0.801. The van der Waals surface area contributed by atoms with Crippen LogP contribution >= 0.6 is 0 Å². The summed E-state index contributed by atoms with van der Waals surface area (Å²) in [6, 6.07) is 0. The fraction of sp³-hybridized carbons (Fsp3) is 1.00. The van der Waals surface area contributed by atoms with Crippen molar-refractivity contribution in [1.82, 2.24) is 0 Å². The molecular formula is C7H14N2O8. The molecule has 0 aliphatic rings. The second-order valence-corrected chi connectivity index (χ2v) is 2.70. The van der Waals surface area contributed by atoms with Gasteiger partial charge in [0.2, 0.25) is 6.29 Å². The predicted molar refractivity (Wildman–Crippen MR) is 51.9 cm³/mol. The van der Waals surface area contributed by atoms with Crippen molar-refractivity contribution in [3.8, 4) is 0 Å². The first-order chi connectivity index (χ1) is 8.06. The van der Waals surface area contributed by atoms with Gasteiger partial charge in [-0.15, -0.1) is 20.2 Å². The largest absolute Gasteiger partial charge is 0.377 e. The van der Waals surface area contributed by atoms with Crippen LogP contribution in [0.25, 0.3) is 0 Å². The van der Waals surface area contributed by atoms with Crippen molar-refractivity contribution in [3.63, 3.8) is 0 Å². The Kier molecular flexibility index (Phi) is 8.60. The van der Waals surface area contributed by atoms with Gasteiger partial charge in [0.15, 0.2) is 0 Å². The molecule has 0 spiro atoms. The molecule has 0 radical (unpaired) electrons. The molecule has 1 atom stereocenters. The number of hydrogen-bond donors (Lipinski definition) is 0. The molecule has 0 saturated heterocycles. The van der Waals surface area contributed by atoms with Crippen LogP contribution < -0.4 is 0 Å². The van der Waals surface area contributed by atoms with Crippen LogP contribution in [0.15, 0.2) is 0 Å². The van der Waals surface area contributed by atoms with Gasteiger partial charge in [-0.3, -0.25) is 4.84 Å². The van der Waals surface area contributed by atoms with E-state index in [9.17, 15) is 20.2 Å². The Hall–Kier alpha value is -1.68. The van der Waals surface area contributed by atoms with E-state index in [1.165, 1.54) is 0 Å². The van der Waals surface area contributed by atoms with E-state index in [1.54, 1.807) is 6.92 Å². The van der Waals surface area contributed by atoms with Gasteiger partial charge in [0.05, 0.1) is 13.2 Å². The van der Waals surface area contributed by atoms with Gasteiger partial charge in [0.1, 0.15) is 0 Å². The Morgan fingerprint density at radius 3 is 2.41 bits per heavy atom. The van der Waals surface area contributed by atoms with Gasteiger partial charge in [-0.05, 0) is 13.3 Å². The lowest BCUT2D eigenvalue weighted by Gasteiger charge is -2.14. The Morgan fingerprint density at radius 1 is 1.18 bits per heavy atom. The van der Waals surface area contributed by atoms with Crippen LogP contribution in [0.2, 0.25) is 0 Å². The third-order valence-corrected chi connectivity index (χ3v) is 1.44. The van der Waals surface area contributed by atoms with E-state index in [2.05, 4.69) is 9.68 Å². The van der Waals surface area contributed by atoms with Crippen molar-refractivity contribution in [2.75, 3.05) is 26.4 Å². The van der Waals surface area contributed by atoms with Crippen LogP contribution in [0, 0.1) is 20.2 Å². The number of nitrogens with zero attached hydrogens (tertiary/aromatic N) is 2. The minimum Gasteiger partial charge on any atom is -0.377 e. The molecule has 0 fully saturated rings. The van der Waals surface area contributed by atoms with E-state index in [0.29, 0.717) is 0 Å². The van der Waals surface area contributed by atoms with Crippen molar-refractivity contribution in [3.05, 3.63) is 20.2 Å². The van der Waals surface area contributed by atoms with Gasteiger partial charge in [0.25, 0.3) is 10.2 Å². The van der Waals surface area contributed by atoms with Gasteiger partial charge in [-0.1, -0.05) is 0 Å². The van der Waals surface area contributed by atoms with Crippen molar-refractivity contribution in [2.45, 2.75) is 19.6 Å². The molecule has 0 saturated carbocycles. The smallest absolute Gasteiger partial charge is 0.297 e. The maximum Gasteiger partial charge on any atom is 0.297 e. The number of hydrogen-bond acceptors (Lipinski definition) is 8. The molecule has 0 bridgehead atoms. The van der Waals surface area contributed by atoms with Crippen LogP contribution in [-0.2, 0) is 19.1 Å². The molecule has 0 aliphatic heterocycles. The molecule has 10 nitrogen and oxygen atoms in total. The van der Waals surface area contributed by atoms with Gasteiger partial charge >= 0.3 is 0 Å². The SMILES string of the molecule is CCOC(COCCCO[N+](=O)[O-])O[N+](=O)[O-]. The molecule has 10 heteroatoms. The van der Waals surface area contributed by atoms with Gasteiger partial charge < -0.3 is 14.3 Å². The molecule has 17 heavy (non-hydrogen) atoms. The molecule has 0 aliphatic carbocycles. The lowest BCUT2D eigenvalue weighted by Crippen LogP contribution is -2.26. The zero-order valence-corrected chi connectivity index (χ0v) is 9.27. The summed E-state index contributed by atoms with van der Waals surface area (Å²) >= 11 is 0. The van der Waals surface area contributed by atoms with Crippen molar-refractivity contribution >= 4 is 0 Å². The highest BCUT2D eigenvalue weighted by Gasteiger charge is 2.12.